The second kappa shape index (κ2) is 35.3. The van der Waals surface area contributed by atoms with E-state index in [4.69, 9.17) is 11.5 Å². The molecule has 0 heterocycles. The highest BCUT2D eigenvalue weighted by atomic mass is 35.5. The van der Waals surface area contributed by atoms with Gasteiger partial charge in [0.2, 0.25) is 5.91 Å². The van der Waals surface area contributed by atoms with Gasteiger partial charge in [-0.15, -0.1) is 37.2 Å². The van der Waals surface area contributed by atoms with Crippen molar-refractivity contribution in [1.82, 2.24) is 4.90 Å². The summed E-state index contributed by atoms with van der Waals surface area (Å²) in [6.45, 7) is 6.30. The second-order valence-corrected chi connectivity index (χ2v) is 10.3. The molecule has 0 aromatic carbocycles. The maximum Gasteiger partial charge on any atom is 0.225 e. The molecule has 0 bridgehead atoms. The van der Waals surface area contributed by atoms with E-state index in [0.29, 0.717) is 0 Å². The Labute approximate surface area is 244 Å². The average Bonchev–Trinajstić information content (AvgIpc) is 2.79. The normalized spacial score (nSPS) is 10.5. The zero-order valence-electron chi connectivity index (χ0n) is 24.0. The van der Waals surface area contributed by atoms with E-state index in [1.807, 2.05) is 4.90 Å². The summed E-state index contributed by atoms with van der Waals surface area (Å²) in [7, 11) is 0. The lowest BCUT2D eigenvalue weighted by molar-refractivity contribution is -0.131. The molecule has 222 valence electrons. The van der Waals surface area contributed by atoms with Gasteiger partial charge in [0.05, 0.1) is 12.6 Å². The summed E-state index contributed by atoms with van der Waals surface area (Å²) < 4.78 is 0. The number of hydrogen-bond donors (Lipinski definition) is 2. The summed E-state index contributed by atoms with van der Waals surface area (Å²) >= 11 is 0. The molecule has 4 N–H and O–H groups in total. The lowest BCUT2D eigenvalue weighted by atomic mass is 10.0. The zero-order valence-corrected chi connectivity index (χ0v) is 26.4. The molecule has 4 nitrogen and oxygen atoms in total. The first-order valence-corrected chi connectivity index (χ1v) is 14.9. The quantitative estimate of drug-likeness (QED) is 0.0795. The van der Waals surface area contributed by atoms with Gasteiger partial charge in [-0.25, -0.2) is 0 Å². The molecule has 0 saturated heterocycles. The lowest BCUT2D eigenvalue weighted by Gasteiger charge is -2.23. The Morgan fingerprint density at radius 3 is 1.00 bits per heavy atom. The predicted octanol–water partition coefficient (Wildman–Crippen LogP) is 9.34. The van der Waals surface area contributed by atoms with Crippen molar-refractivity contribution in [2.24, 2.45) is 11.5 Å². The first kappa shape index (κ1) is 43.3. The van der Waals surface area contributed by atoms with Gasteiger partial charge >= 0.3 is 0 Å². The van der Waals surface area contributed by atoms with Crippen LogP contribution in [0, 0.1) is 0 Å². The maximum absolute atomic E-state index is 12.5. The standard InChI is InChI=1S/C29H61N3O.3ClH/c1-3-5-7-9-11-13-15-16-18-20-22-24-26-32(29(33)27-28(30)31)25-23-21-19-17-14-12-10-8-6-4-2;;;/h28H,3-27,30-31H2,1-2H3;3*1H. The molecule has 0 aromatic heterocycles. The fourth-order valence-corrected chi connectivity index (χ4v) is 4.63. The van der Waals surface area contributed by atoms with Crippen LogP contribution in [-0.2, 0) is 4.79 Å². The molecule has 0 aliphatic carbocycles. The molecule has 0 rings (SSSR count). The summed E-state index contributed by atoms with van der Waals surface area (Å²) in [5, 5.41) is 0. The van der Waals surface area contributed by atoms with E-state index in [-0.39, 0.29) is 49.5 Å². The first-order chi connectivity index (χ1) is 16.1. The van der Waals surface area contributed by atoms with Crippen LogP contribution in [0.3, 0.4) is 0 Å². The van der Waals surface area contributed by atoms with Crippen molar-refractivity contribution in [2.75, 3.05) is 13.1 Å². The van der Waals surface area contributed by atoms with Crippen LogP contribution >= 0.6 is 37.2 Å². The SMILES string of the molecule is CCCCCCCCCCCCCCN(CCCCCCCCCCCC)C(=O)CC(N)N.Cl.Cl.Cl. The second-order valence-electron chi connectivity index (χ2n) is 10.3. The van der Waals surface area contributed by atoms with Crippen molar-refractivity contribution in [3.8, 4) is 0 Å². The third kappa shape index (κ3) is 32.3. The van der Waals surface area contributed by atoms with Crippen LogP contribution in [0.2, 0.25) is 0 Å². The Balaban J connectivity index is -0.00000171. The number of amides is 1. The van der Waals surface area contributed by atoms with E-state index in [0.717, 1.165) is 25.9 Å². The van der Waals surface area contributed by atoms with Crippen LogP contribution in [-0.4, -0.2) is 30.1 Å². The van der Waals surface area contributed by atoms with Gasteiger partial charge in [0.1, 0.15) is 0 Å². The summed E-state index contributed by atoms with van der Waals surface area (Å²) in [6, 6.07) is 0. The van der Waals surface area contributed by atoms with Gasteiger partial charge in [-0.3, -0.25) is 4.79 Å². The van der Waals surface area contributed by atoms with Crippen molar-refractivity contribution in [2.45, 2.75) is 168 Å². The smallest absolute Gasteiger partial charge is 0.225 e. The zero-order chi connectivity index (χ0) is 24.4. The number of hydrogen-bond acceptors (Lipinski definition) is 3. The van der Waals surface area contributed by atoms with Gasteiger partial charge in [0, 0.05) is 13.1 Å². The Kier molecular flexibility index (Phi) is 42.4. The van der Waals surface area contributed by atoms with Gasteiger partial charge < -0.3 is 16.4 Å². The van der Waals surface area contributed by atoms with Crippen molar-refractivity contribution in [3.63, 3.8) is 0 Å². The monoisotopic (exact) mass is 575 g/mol. The highest BCUT2D eigenvalue weighted by Crippen LogP contribution is 2.14. The van der Waals surface area contributed by atoms with Gasteiger partial charge in [-0.2, -0.15) is 0 Å². The summed E-state index contributed by atoms with van der Waals surface area (Å²) in [5.74, 6) is 0.143. The number of unbranched alkanes of at least 4 members (excludes halogenated alkanes) is 20. The summed E-state index contributed by atoms with van der Waals surface area (Å²) in [6.07, 6.45) is 29.1. The molecule has 0 aliphatic rings. The molecule has 7 heteroatoms. The number of nitrogens with zero attached hydrogens (tertiary/aromatic N) is 1. The van der Waals surface area contributed by atoms with E-state index >= 15 is 0 Å². The Morgan fingerprint density at radius 1 is 0.500 bits per heavy atom. The van der Waals surface area contributed by atoms with E-state index in [1.165, 1.54) is 128 Å². The molecule has 0 aliphatic heterocycles. The van der Waals surface area contributed by atoms with Gasteiger partial charge in [0.15, 0.2) is 0 Å². The number of halogens is 3. The Bertz CT molecular complexity index is 415. The van der Waals surface area contributed by atoms with Crippen LogP contribution in [0.1, 0.15) is 162 Å². The van der Waals surface area contributed by atoms with Crippen LogP contribution in [0.5, 0.6) is 0 Å². The van der Waals surface area contributed by atoms with Gasteiger partial charge in [-0.1, -0.05) is 142 Å². The van der Waals surface area contributed by atoms with Crippen LogP contribution in [0.15, 0.2) is 0 Å². The fourth-order valence-electron chi connectivity index (χ4n) is 4.63. The molecule has 0 saturated carbocycles. The third-order valence-electron chi connectivity index (χ3n) is 6.83. The lowest BCUT2D eigenvalue weighted by Crippen LogP contribution is -2.40. The number of rotatable bonds is 26. The van der Waals surface area contributed by atoms with Crippen LogP contribution < -0.4 is 11.5 Å². The minimum absolute atomic E-state index is 0. The number of carbonyl (C=O) groups excluding carboxylic acids is 1. The van der Waals surface area contributed by atoms with Crippen molar-refractivity contribution < 1.29 is 4.79 Å². The molecular formula is C29H64Cl3N3O. The van der Waals surface area contributed by atoms with E-state index in [2.05, 4.69) is 13.8 Å². The molecule has 1 amide bonds. The molecule has 0 aromatic rings. The highest BCUT2D eigenvalue weighted by Gasteiger charge is 2.14. The predicted molar refractivity (Wildman–Crippen MR) is 168 cm³/mol. The van der Waals surface area contributed by atoms with E-state index < -0.39 is 6.17 Å². The first-order valence-electron chi connectivity index (χ1n) is 14.9. The molecule has 0 unspecified atom stereocenters. The van der Waals surface area contributed by atoms with Crippen LogP contribution in [0.25, 0.3) is 0 Å². The largest absolute Gasteiger partial charge is 0.343 e. The van der Waals surface area contributed by atoms with Crippen molar-refractivity contribution in [3.05, 3.63) is 0 Å². The fraction of sp³-hybridized carbons (Fsp3) is 0.966. The minimum Gasteiger partial charge on any atom is -0.343 e. The molecule has 0 atom stereocenters. The molecule has 36 heavy (non-hydrogen) atoms. The van der Waals surface area contributed by atoms with Gasteiger partial charge in [0.25, 0.3) is 0 Å². The van der Waals surface area contributed by atoms with Crippen molar-refractivity contribution >= 4 is 43.1 Å². The molecule has 0 radical (unpaired) electrons. The van der Waals surface area contributed by atoms with Gasteiger partial charge in [-0.05, 0) is 12.8 Å². The maximum atomic E-state index is 12.5. The summed E-state index contributed by atoms with van der Waals surface area (Å²) in [5.41, 5.74) is 11.4. The third-order valence-corrected chi connectivity index (χ3v) is 6.83. The van der Waals surface area contributed by atoms with Crippen LogP contribution in [0.4, 0.5) is 0 Å². The van der Waals surface area contributed by atoms with Crippen molar-refractivity contribution in [1.29, 1.82) is 0 Å². The highest BCUT2D eigenvalue weighted by molar-refractivity contribution is 5.86. The van der Waals surface area contributed by atoms with E-state index in [1.54, 1.807) is 0 Å². The molecular weight excluding hydrogens is 513 g/mol. The summed E-state index contributed by atoms with van der Waals surface area (Å²) in [4.78, 5) is 14.6. The Morgan fingerprint density at radius 2 is 0.750 bits per heavy atom. The average molecular weight is 577 g/mol. The molecule has 0 fully saturated rings. The number of nitrogens with two attached hydrogens (primary N) is 2. The number of carbonyl (C=O) groups is 1. The minimum atomic E-state index is -0.533. The Hall–Kier alpha value is 0.260. The topological polar surface area (TPSA) is 72.3 Å². The molecule has 0 spiro atoms. The van der Waals surface area contributed by atoms with E-state index in [9.17, 15) is 4.79 Å².